The van der Waals surface area contributed by atoms with E-state index in [0.29, 0.717) is 5.92 Å². The zero-order valence-electron chi connectivity index (χ0n) is 12.3. The second-order valence-corrected chi connectivity index (χ2v) is 7.02. The minimum Gasteiger partial charge on any atom is -0.305 e. The molecule has 3 heteroatoms. The van der Waals surface area contributed by atoms with E-state index >= 15 is 0 Å². The molecule has 0 bridgehead atoms. The summed E-state index contributed by atoms with van der Waals surface area (Å²) >= 11 is 1.89. The molecule has 0 amide bonds. The van der Waals surface area contributed by atoms with Crippen molar-refractivity contribution in [2.75, 3.05) is 6.54 Å². The summed E-state index contributed by atoms with van der Waals surface area (Å²) in [6.07, 6.45) is 3.91. The van der Waals surface area contributed by atoms with Crippen LogP contribution < -0.4 is 5.32 Å². The molecule has 1 aliphatic carbocycles. The molecule has 1 aromatic rings. The first-order valence-electron chi connectivity index (χ1n) is 7.20. The third kappa shape index (κ3) is 2.23. The van der Waals surface area contributed by atoms with Crippen LogP contribution >= 0.6 is 11.3 Å². The highest BCUT2D eigenvalue weighted by molar-refractivity contribution is 7.11. The number of nitrogens with zero attached hydrogens (tertiary/aromatic N) is 1. The van der Waals surface area contributed by atoms with E-state index in [0.717, 1.165) is 12.5 Å². The van der Waals surface area contributed by atoms with Crippen LogP contribution in [0.4, 0.5) is 0 Å². The molecule has 18 heavy (non-hydrogen) atoms. The summed E-state index contributed by atoms with van der Waals surface area (Å²) in [7, 11) is 0. The highest BCUT2D eigenvalue weighted by atomic mass is 32.1. The fourth-order valence-electron chi connectivity index (χ4n) is 3.27. The van der Waals surface area contributed by atoms with Gasteiger partial charge in [0.25, 0.3) is 0 Å². The highest BCUT2D eigenvalue weighted by Crippen LogP contribution is 2.45. The molecule has 1 saturated carbocycles. The quantitative estimate of drug-likeness (QED) is 0.893. The topological polar surface area (TPSA) is 24.9 Å². The predicted molar refractivity (Wildman–Crippen MR) is 79.1 cm³/mol. The first-order chi connectivity index (χ1) is 8.51. The Hall–Kier alpha value is -0.410. The lowest BCUT2D eigenvalue weighted by Crippen LogP contribution is -2.51. The van der Waals surface area contributed by atoms with Crippen LogP contribution in [0, 0.1) is 25.7 Å². The van der Waals surface area contributed by atoms with Crippen molar-refractivity contribution in [3.63, 3.8) is 0 Å². The second-order valence-electron chi connectivity index (χ2n) is 5.82. The Labute approximate surface area is 115 Å². The van der Waals surface area contributed by atoms with Crippen molar-refractivity contribution in [1.29, 1.82) is 0 Å². The molecule has 0 aromatic carbocycles. The van der Waals surface area contributed by atoms with Gasteiger partial charge >= 0.3 is 0 Å². The van der Waals surface area contributed by atoms with Gasteiger partial charge in [0.05, 0.1) is 11.2 Å². The molecule has 1 aliphatic rings. The van der Waals surface area contributed by atoms with Crippen LogP contribution in [0.5, 0.6) is 0 Å². The van der Waals surface area contributed by atoms with Gasteiger partial charge < -0.3 is 5.32 Å². The van der Waals surface area contributed by atoms with E-state index in [1.807, 2.05) is 11.3 Å². The zero-order valence-corrected chi connectivity index (χ0v) is 13.2. The van der Waals surface area contributed by atoms with Gasteiger partial charge in [0.1, 0.15) is 5.01 Å². The number of nitrogens with one attached hydrogen (secondary N) is 1. The standard InChI is InChI=1S/C15H26N2S/c1-6-16-15(9-7-8-10(2)11(15)3)14-17-12(4)13(5)18-14/h10-11,16H,6-9H2,1-5H3. The van der Waals surface area contributed by atoms with Crippen molar-refractivity contribution in [2.24, 2.45) is 11.8 Å². The Balaban J connectivity index is 2.42. The maximum absolute atomic E-state index is 4.87. The summed E-state index contributed by atoms with van der Waals surface area (Å²) < 4.78 is 0. The van der Waals surface area contributed by atoms with Crippen LogP contribution in [0.1, 0.15) is 55.6 Å². The van der Waals surface area contributed by atoms with Crippen LogP contribution in [0.2, 0.25) is 0 Å². The molecular weight excluding hydrogens is 240 g/mol. The molecular formula is C15H26N2S. The molecule has 0 radical (unpaired) electrons. The number of thiazole rings is 1. The van der Waals surface area contributed by atoms with Gasteiger partial charge in [-0.3, -0.25) is 0 Å². The van der Waals surface area contributed by atoms with E-state index in [4.69, 9.17) is 4.98 Å². The van der Waals surface area contributed by atoms with E-state index in [1.165, 1.54) is 34.8 Å². The molecule has 1 fully saturated rings. The number of aryl methyl sites for hydroxylation is 2. The third-order valence-corrected chi connectivity index (χ3v) is 6.01. The maximum Gasteiger partial charge on any atom is 0.114 e. The van der Waals surface area contributed by atoms with Crippen molar-refractivity contribution < 1.29 is 0 Å². The first kappa shape index (κ1) is 14.0. The Morgan fingerprint density at radius 1 is 1.39 bits per heavy atom. The van der Waals surface area contributed by atoms with Crippen molar-refractivity contribution in [1.82, 2.24) is 10.3 Å². The average molecular weight is 266 g/mol. The lowest BCUT2D eigenvalue weighted by atomic mass is 9.68. The van der Waals surface area contributed by atoms with Gasteiger partial charge in [-0.15, -0.1) is 11.3 Å². The van der Waals surface area contributed by atoms with Gasteiger partial charge in [-0.2, -0.15) is 0 Å². The molecule has 0 aliphatic heterocycles. The molecule has 2 rings (SSSR count). The minimum atomic E-state index is 0.121. The Kier molecular flexibility index (Phi) is 4.12. The average Bonchev–Trinajstić information content (AvgIpc) is 2.66. The molecule has 1 heterocycles. The van der Waals surface area contributed by atoms with Crippen molar-refractivity contribution >= 4 is 11.3 Å². The summed E-state index contributed by atoms with van der Waals surface area (Å²) in [4.78, 5) is 6.23. The van der Waals surface area contributed by atoms with Crippen LogP contribution in [0.25, 0.3) is 0 Å². The third-order valence-electron chi connectivity index (χ3n) is 4.76. The van der Waals surface area contributed by atoms with Crippen LogP contribution in [0.3, 0.4) is 0 Å². The summed E-state index contributed by atoms with van der Waals surface area (Å²) in [6, 6.07) is 0. The lowest BCUT2D eigenvalue weighted by molar-refractivity contribution is 0.105. The molecule has 3 unspecified atom stereocenters. The Bertz CT molecular complexity index is 389. The monoisotopic (exact) mass is 266 g/mol. The number of hydrogen-bond acceptors (Lipinski definition) is 3. The Morgan fingerprint density at radius 2 is 2.11 bits per heavy atom. The normalized spacial score (nSPS) is 32.7. The zero-order chi connectivity index (χ0) is 13.3. The van der Waals surface area contributed by atoms with E-state index in [2.05, 4.69) is 39.9 Å². The largest absolute Gasteiger partial charge is 0.305 e. The minimum absolute atomic E-state index is 0.121. The van der Waals surface area contributed by atoms with Crippen molar-refractivity contribution in [3.8, 4) is 0 Å². The predicted octanol–water partition coefficient (Wildman–Crippen LogP) is 4.02. The van der Waals surface area contributed by atoms with Crippen LogP contribution in [-0.2, 0) is 5.54 Å². The molecule has 2 nitrogen and oxygen atoms in total. The van der Waals surface area contributed by atoms with E-state index < -0.39 is 0 Å². The molecule has 0 saturated heterocycles. The first-order valence-corrected chi connectivity index (χ1v) is 8.02. The molecule has 1 aromatic heterocycles. The number of rotatable bonds is 3. The summed E-state index contributed by atoms with van der Waals surface area (Å²) in [6.45, 7) is 12.3. The lowest BCUT2D eigenvalue weighted by Gasteiger charge is -2.45. The fourth-order valence-corrected chi connectivity index (χ4v) is 4.48. The van der Waals surface area contributed by atoms with E-state index in [1.54, 1.807) is 0 Å². The van der Waals surface area contributed by atoms with Crippen LogP contribution in [-0.4, -0.2) is 11.5 Å². The van der Waals surface area contributed by atoms with Gasteiger partial charge in [-0.05, 0) is 38.6 Å². The summed E-state index contributed by atoms with van der Waals surface area (Å²) in [5.41, 5.74) is 1.33. The molecule has 3 atom stereocenters. The number of aromatic nitrogens is 1. The van der Waals surface area contributed by atoms with Gasteiger partial charge in [-0.1, -0.05) is 33.6 Å². The second kappa shape index (κ2) is 5.30. The highest BCUT2D eigenvalue weighted by Gasteiger charge is 2.44. The van der Waals surface area contributed by atoms with Crippen molar-refractivity contribution in [3.05, 3.63) is 15.6 Å². The fraction of sp³-hybridized carbons (Fsp3) is 0.800. The van der Waals surface area contributed by atoms with Gasteiger partial charge in [0, 0.05) is 4.88 Å². The smallest absolute Gasteiger partial charge is 0.114 e. The van der Waals surface area contributed by atoms with Gasteiger partial charge in [-0.25, -0.2) is 4.98 Å². The molecule has 102 valence electrons. The number of hydrogen-bond donors (Lipinski definition) is 1. The van der Waals surface area contributed by atoms with E-state index in [-0.39, 0.29) is 5.54 Å². The van der Waals surface area contributed by atoms with Crippen molar-refractivity contribution in [2.45, 2.75) is 59.4 Å². The van der Waals surface area contributed by atoms with Gasteiger partial charge in [0.15, 0.2) is 0 Å². The molecule has 0 spiro atoms. The van der Waals surface area contributed by atoms with E-state index in [9.17, 15) is 0 Å². The molecule has 1 N–H and O–H groups in total. The summed E-state index contributed by atoms with van der Waals surface area (Å²) in [5, 5.41) is 5.10. The summed E-state index contributed by atoms with van der Waals surface area (Å²) in [5.74, 6) is 1.44. The Morgan fingerprint density at radius 3 is 2.67 bits per heavy atom. The van der Waals surface area contributed by atoms with Gasteiger partial charge in [0.2, 0.25) is 0 Å². The van der Waals surface area contributed by atoms with Crippen LogP contribution in [0.15, 0.2) is 0 Å². The maximum atomic E-state index is 4.87. The SMILES string of the molecule is CCNC1(c2nc(C)c(C)s2)CCCC(C)C1C.